The Balaban J connectivity index is 0.000000505. The smallest absolute Gasteiger partial charge is 0.348 e. The van der Waals surface area contributed by atoms with Crippen molar-refractivity contribution in [1.82, 2.24) is 15.0 Å². The molecule has 1 fully saturated rings. The number of nitrogens with one attached hydrogen (secondary N) is 1. The number of nitrogens with zero attached hydrogens (tertiary/aromatic N) is 3. The quantitative estimate of drug-likeness (QED) is 0.337. The van der Waals surface area contributed by atoms with Gasteiger partial charge in [-0.1, -0.05) is 39.8 Å². The fourth-order valence-electron chi connectivity index (χ4n) is 5.48. The zero-order valence-corrected chi connectivity index (χ0v) is 23.4. The standard InChI is InChI=1S/C27H36N4S.C2HF3O/c1-26(2)11-12-27(3,4)23-15-20(6-8-22(23)26)24-17-32-25(30-24)31-13-9-19(10-14-31)5-7-21-16-28-18-29-21;3-2(4,5)1-6/h6,8,15-19H,5,7,9-14H2,1-4H3,(H,28,29);1H. The van der Waals surface area contributed by atoms with Gasteiger partial charge in [-0.15, -0.1) is 11.3 Å². The van der Waals surface area contributed by atoms with E-state index in [0.29, 0.717) is 0 Å². The lowest BCUT2D eigenvalue weighted by molar-refractivity contribution is -0.156. The molecule has 5 nitrogen and oxygen atoms in total. The molecule has 3 heterocycles. The maximum Gasteiger partial charge on any atom is 0.446 e. The number of aromatic nitrogens is 3. The van der Waals surface area contributed by atoms with Crippen LogP contribution in [0.1, 0.15) is 76.6 Å². The van der Waals surface area contributed by atoms with E-state index in [1.54, 1.807) is 17.7 Å². The van der Waals surface area contributed by atoms with E-state index in [-0.39, 0.29) is 10.8 Å². The van der Waals surface area contributed by atoms with Crippen LogP contribution in [-0.2, 0) is 22.0 Å². The molecule has 3 aromatic rings. The summed E-state index contributed by atoms with van der Waals surface area (Å²) >= 11 is 1.80. The Morgan fingerprint density at radius 1 is 1.11 bits per heavy atom. The number of fused-ring (bicyclic) bond motifs is 1. The fourth-order valence-corrected chi connectivity index (χ4v) is 6.37. The van der Waals surface area contributed by atoms with Gasteiger partial charge in [0.05, 0.1) is 12.0 Å². The number of benzene rings is 1. The Bertz CT molecular complexity index is 1210. The Morgan fingerprint density at radius 3 is 2.37 bits per heavy atom. The molecule has 2 aromatic heterocycles. The van der Waals surface area contributed by atoms with Gasteiger partial charge < -0.3 is 9.88 Å². The number of rotatable bonds is 5. The lowest BCUT2D eigenvalue weighted by Gasteiger charge is -2.42. The first kappa shape index (κ1) is 28.3. The van der Waals surface area contributed by atoms with Crippen LogP contribution < -0.4 is 4.90 Å². The number of aryl methyl sites for hydroxylation is 1. The summed E-state index contributed by atoms with van der Waals surface area (Å²) < 4.78 is 31.2. The molecule has 38 heavy (non-hydrogen) atoms. The molecule has 1 aromatic carbocycles. The Morgan fingerprint density at radius 2 is 1.76 bits per heavy atom. The van der Waals surface area contributed by atoms with E-state index in [1.165, 1.54) is 59.6 Å². The largest absolute Gasteiger partial charge is 0.446 e. The molecule has 0 unspecified atom stereocenters. The molecule has 0 saturated carbocycles. The number of anilines is 1. The first-order valence-corrected chi connectivity index (χ1v) is 14.1. The van der Waals surface area contributed by atoms with Crippen LogP contribution in [0.25, 0.3) is 11.3 Å². The highest BCUT2D eigenvalue weighted by molar-refractivity contribution is 7.14. The molecule has 1 aliphatic heterocycles. The average Bonchev–Trinajstić information content (AvgIpc) is 3.58. The van der Waals surface area contributed by atoms with Crippen LogP contribution in [0.3, 0.4) is 0 Å². The summed E-state index contributed by atoms with van der Waals surface area (Å²) in [5.41, 5.74) is 7.19. The van der Waals surface area contributed by atoms with Crippen LogP contribution in [0.5, 0.6) is 0 Å². The summed E-state index contributed by atoms with van der Waals surface area (Å²) in [6.45, 7) is 11.8. The second-order valence-corrected chi connectivity index (χ2v) is 12.6. The second-order valence-electron chi connectivity index (χ2n) is 11.7. The number of aldehydes is 1. The zero-order valence-electron chi connectivity index (χ0n) is 22.6. The van der Waals surface area contributed by atoms with Gasteiger partial charge in [0, 0.05) is 35.9 Å². The topological polar surface area (TPSA) is 61.9 Å². The number of alkyl halides is 3. The molecule has 206 valence electrons. The van der Waals surface area contributed by atoms with Gasteiger partial charge in [0.2, 0.25) is 6.29 Å². The Kier molecular flexibility index (Phi) is 8.35. The maximum atomic E-state index is 10.4. The van der Waals surface area contributed by atoms with Crippen LogP contribution in [0, 0.1) is 5.92 Å². The monoisotopic (exact) mass is 546 g/mol. The van der Waals surface area contributed by atoms with Gasteiger partial charge in [-0.05, 0) is 72.5 Å². The average molecular weight is 547 g/mol. The molecule has 0 radical (unpaired) electrons. The summed E-state index contributed by atoms with van der Waals surface area (Å²) in [4.78, 5) is 23.6. The molecule has 0 atom stereocenters. The number of hydrogen-bond acceptors (Lipinski definition) is 5. The molecule has 2 aliphatic rings. The van der Waals surface area contributed by atoms with Crippen molar-refractivity contribution >= 4 is 22.8 Å². The molecule has 1 saturated heterocycles. The first-order valence-electron chi connectivity index (χ1n) is 13.2. The van der Waals surface area contributed by atoms with Crippen LogP contribution in [-0.4, -0.2) is 40.5 Å². The summed E-state index contributed by atoms with van der Waals surface area (Å²) in [5, 5.41) is 3.44. The van der Waals surface area contributed by atoms with Crippen LogP contribution >= 0.6 is 11.3 Å². The van der Waals surface area contributed by atoms with Gasteiger partial charge in [-0.2, -0.15) is 13.2 Å². The molecule has 0 spiro atoms. The van der Waals surface area contributed by atoms with Gasteiger partial charge in [0.1, 0.15) is 0 Å². The number of carbonyl (C=O) groups excluding carboxylic acids is 1. The van der Waals surface area contributed by atoms with Crippen molar-refractivity contribution in [3.63, 3.8) is 0 Å². The number of hydrogen-bond donors (Lipinski definition) is 1. The van der Waals surface area contributed by atoms with Crippen molar-refractivity contribution in [2.75, 3.05) is 18.0 Å². The highest BCUT2D eigenvalue weighted by Gasteiger charge is 2.37. The number of H-pyrrole nitrogens is 1. The minimum Gasteiger partial charge on any atom is -0.348 e. The van der Waals surface area contributed by atoms with Crippen molar-refractivity contribution in [1.29, 1.82) is 0 Å². The Labute approximate surface area is 226 Å². The van der Waals surface area contributed by atoms with Crippen molar-refractivity contribution < 1.29 is 18.0 Å². The van der Waals surface area contributed by atoms with Crippen molar-refractivity contribution in [2.45, 2.75) is 83.2 Å². The third kappa shape index (κ3) is 6.84. The van der Waals surface area contributed by atoms with E-state index in [9.17, 15) is 13.2 Å². The molecule has 0 bridgehead atoms. The number of thiazole rings is 1. The SMILES string of the molecule is CC1(C)CCC(C)(C)c2cc(-c3csc(N4CCC(CCc5cnc[nH]5)CC4)n3)ccc21.O=CC(F)(F)F. The zero-order chi connectivity index (χ0) is 27.6. The number of aromatic amines is 1. The highest BCUT2D eigenvalue weighted by Crippen LogP contribution is 2.47. The van der Waals surface area contributed by atoms with Crippen LogP contribution in [0.4, 0.5) is 18.3 Å². The number of halogens is 3. The van der Waals surface area contributed by atoms with Gasteiger partial charge in [0.25, 0.3) is 0 Å². The van der Waals surface area contributed by atoms with E-state index in [2.05, 4.69) is 66.1 Å². The van der Waals surface area contributed by atoms with Gasteiger partial charge in [-0.3, -0.25) is 4.79 Å². The molecule has 5 rings (SSSR count). The van der Waals surface area contributed by atoms with Gasteiger partial charge in [-0.25, -0.2) is 9.97 Å². The number of piperidine rings is 1. The minimum atomic E-state index is -4.64. The molecule has 0 amide bonds. The summed E-state index contributed by atoms with van der Waals surface area (Å²) in [7, 11) is 0. The van der Waals surface area contributed by atoms with Crippen molar-refractivity contribution in [3.8, 4) is 11.3 Å². The fraction of sp³-hybridized carbons (Fsp3) is 0.552. The molecular weight excluding hydrogens is 509 g/mol. The van der Waals surface area contributed by atoms with Crippen LogP contribution in [0.15, 0.2) is 36.1 Å². The third-order valence-corrected chi connectivity index (χ3v) is 8.94. The summed E-state index contributed by atoms with van der Waals surface area (Å²) in [5.74, 6) is 0.806. The molecule has 1 N–H and O–H groups in total. The normalized spacial score (nSPS) is 18.9. The predicted octanol–water partition coefficient (Wildman–Crippen LogP) is 7.48. The molecule has 9 heteroatoms. The number of imidazole rings is 1. The van der Waals surface area contributed by atoms with Crippen molar-refractivity contribution in [2.24, 2.45) is 5.92 Å². The third-order valence-electron chi connectivity index (χ3n) is 8.04. The predicted molar refractivity (Wildman–Crippen MR) is 147 cm³/mol. The number of carbonyl (C=O) groups is 1. The summed E-state index contributed by atoms with van der Waals surface area (Å²) in [6.07, 6.45) is 5.40. The lowest BCUT2D eigenvalue weighted by Crippen LogP contribution is -2.34. The van der Waals surface area contributed by atoms with E-state index < -0.39 is 12.5 Å². The van der Waals surface area contributed by atoms with Crippen molar-refractivity contribution in [3.05, 3.63) is 52.9 Å². The maximum absolute atomic E-state index is 10.4. The highest BCUT2D eigenvalue weighted by atomic mass is 32.1. The van der Waals surface area contributed by atoms with E-state index in [4.69, 9.17) is 9.78 Å². The van der Waals surface area contributed by atoms with E-state index >= 15 is 0 Å². The minimum absolute atomic E-state index is 0.234. The lowest BCUT2D eigenvalue weighted by atomic mass is 9.63. The molecule has 1 aliphatic carbocycles. The summed E-state index contributed by atoms with van der Waals surface area (Å²) in [6, 6.07) is 7.09. The second kappa shape index (κ2) is 11.2. The van der Waals surface area contributed by atoms with Crippen LogP contribution in [0.2, 0.25) is 0 Å². The van der Waals surface area contributed by atoms with Gasteiger partial charge in [0.15, 0.2) is 5.13 Å². The van der Waals surface area contributed by atoms with E-state index in [0.717, 1.165) is 31.1 Å². The first-order chi connectivity index (χ1) is 17.9. The Hall–Kier alpha value is -2.68. The van der Waals surface area contributed by atoms with Gasteiger partial charge >= 0.3 is 6.18 Å². The molecular formula is C29H37F3N4OS. The van der Waals surface area contributed by atoms with E-state index in [1.807, 2.05) is 6.20 Å².